The normalized spacial score (nSPS) is 19.7. The van der Waals surface area contributed by atoms with Crippen LogP contribution in [0.3, 0.4) is 0 Å². The lowest BCUT2D eigenvalue weighted by molar-refractivity contribution is -0.304. The van der Waals surface area contributed by atoms with Gasteiger partial charge < -0.3 is 8.89 Å². The van der Waals surface area contributed by atoms with E-state index in [0.717, 1.165) is 25.3 Å². The summed E-state index contributed by atoms with van der Waals surface area (Å²) in [5, 5.41) is 2.32. The Morgan fingerprint density at radius 1 is 0.974 bits per heavy atom. The predicted molar refractivity (Wildman–Crippen MR) is 169 cm³/mol. The average Bonchev–Trinajstić information content (AvgIpc) is 2.89. The fraction of sp³-hybridized carbons (Fsp3) is 0.625. The van der Waals surface area contributed by atoms with E-state index in [1.807, 2.05) is 24.7 Å². The van der Waals surface area contributed by atoms with Crippen molar-refractivity contribution in [2.24, 2.45) is 0 Å². The van der Waals surface area contributed by atoms with Crippen LogP contribution in [0.15, 0.2) is 54.6 Å². The van der Waals surface area contributed by atoms with Gasteiger partial charge in [-0.15, -0.1) is 11.6 Å². The minimum atomic E-state index is -1.95. The maximum Gasteiger partial charge on any atom is 0.286 e. The summed E-state index contributed by atoms with van der Waals surface area (Å²) in [6.07, 6.45) is 6.82. The van der Waals surface area contributed by atoms with Crippen molar-refractivity contribution < 1.29 is 13.7 Å². The number of nitrogens with zero attached hydrogens (tertiary/aromatic N) is 1. The molecule has 3 rings (SSSR count). The summed E-state index contributed by atoms with van der Waals surface area (Å²) in [6.45, 7) is 17.3. The molecule has 3 unspecified atom stereocenters. The molecular weight excluding hydrogens is 538 g/mol. The van der Waals surface area contributed by atoms with E-state index < -0.39 is 16.0 Å². The molecule has 0 amide bonds. The zero-order chi connectivity index (χ0) is 29.3. The molecule has 0 N–H and O–H groups in total. The SMILES string of the molecule is CO[Si](C)(CCCCC(Cl)c1ccccc1)[Si](C)=O.Cc1ccc(C(C)ON2C(C)(C)CCCC2(C)C)cc1. The van der Waals surface area contributed by atoms with Crippen molar-refractivity contribution in [3.05, 3.63) is 71.3 Å². The van der Waals surface area contributed by atoms with Crippen molar-refractivity contribution in [1.29, 1.82) is 0 Å². The van der Waals surface area contributed by atoms with Gasteiger partial charge in [-0.05, 0) is 97.5 Å². The van der Waals surface area contributed by atoms with Gasteiger partial charge in [-0.25, -0.2) is 0 Å². The molecule has 0 radical (unpaired) electrons. The summed E-state index contributed by atoms with van der Waals surface area (Å²) >= 11 is 6.38. The molecule has 2 aromatic carbocycles. The van der Waals surface area contributed by atoms with E-state index in [1.54, 1.807) is 7.11 Å². The predicted octanol–water partition coefficient (Wildman–Crippen LogP) is 9.52. The van der Waals surface area contributed by atoms with Gasteiger partial charge in [0, 0.05) is 18.2 Å². The van der Waals surface area contributed by atoms with Crippen LogP contribution in [0.5, 0.6) is 0 Å². The van der Waals surface area contributed by atoms with Crippen LogP contribution in [-0.4, -0.2) is 39.3 Å². The van der Waals surface area contributed by atoms with Crippen LogP contribution in [0, 0.1) is 6.92 Å². The Kier molecular flexibility index (Phi) is 13.3. The first-order chi connectivity index (χ1) is 18.2. The van der Waals surface area contributed by atoms with Gasteiger partial charge in [0.05, 0.1) is 5.38 Å². The Hall–Kier alpha value is -1.16. The van der Waals surface area contributed by atoms with Crippen LogP contribution in [0.2, 0.25) is 19.1 Å². The first kappa shape index (κ1) is 34.0. The zero-order valence-electron chi connectivity index (χ0n) is 25.9. The number of benzene rings is 2. The molecule has 1 fully saturated rings. The summed E-state index contributed by atoms with van der Waals surface area (Å²) in [5.41, 5.74) is 3.91. The molecule has 0 aliphatic carbocycles. The second-order valence-corrected chi connectivity index (χ2v) is 22.8. The number of unbranched alkanes of at least 4 members (excludes halogenated alkanes) is 1. The van der Waals surface area contributed by atoms with Crippen molar-refractivity contribution in [1.82, 2.24) is 5.06 Å². The summed E-state index contributed by atoms with van der Waals surface area (Å²) in [6, 6.07) is 19.8. The quantitative estimate of drug-likeness (QED) is 0.149. The number of halogens is 1. The molecule has 0 spiro atoms. The molecule has 3 atom stereocenters. The Balaban J connectivity index is 0.000000274. The third-order valence-corrected chi connectivity index (χ3v) is 18.2. The summed E-state index contributed by atoms with van der Waals surface area (Å²) in [5.74, 6) is 0. The van der Waals surface area contributed by atoms with Crippen LogP contribution in [0.1, 0.15) is 101 Å². The molecular formula is C32H52ClNO3Si2. The largest absolute Gasteiger partial charge is 0.416 e. The Bertz CT molecular complexity index is 1000. The number of rotatable bonds is 11. The Morgan fingerprint density at radius 2 is 1.54 bits per heavy atom. The Labute approximate surface area is 246 Å². The fourth-order valence-electron chi connectivity index (χ4n) is 5.35. The van der Waals surface area contributed by atoms with Crippen LogP contribution >= 0.6 is 11.6 Å². The Morgan fingerprint density at radius 3 is 2.05 bits per heavy atom. The van der Waals surface area contributed by atoms with E-state index in [1.165, 1.54) is 36.0 Å². The first-order valence-electron chi connectivity index (χ1n) is 14.5. The van der Waals surface area contributed by atoms with Gasteiger partial charge in [0.1, 0.15) is 6.10 Å². The molecule has 1 heterocycles. The number of alkyl halides is 1. The van der Waals surface area contributed by atoms with Gasteiger partial charge in [0.25, 0.3) is 8.20 Å². The van der Waals surface area contributed by atoms with E-state index in [2.05, 4.69) is 89.6 Å². The molecule has 0 saturated carbocycles. The first-order valence-corrected chi connectivity index (χ1v) is 20.5. The van der Waals surface area contributed by atoms with Crippen molar-refractivity contribution in [3.63, 3.8) is 0 Å². The van der Waals surface area contributed by atoms with Gasteiger partial charge in [-0.3, -0.25) is 4.84 Å². The van der Waals surface area contributed by atoms with Crippen LogP contribution in [0.4, 0.5) is 0 Å². The summed E-state index contributed by atoms with van der Waals surface area (Å²) in [7, 11) is -1.79. The number of piperidine rings is 1. The highest BCUT2D eigenvalue weighted by Gasteiger charge is 2.43. The summed E-state index contributed by atoms with van der Waals surface area (Å²) in [4.78, 5) is 6.38. The molecule has 0 aromatic heterocycles. The molecule has 218 valence electrons. The average molecular weight is 590 g/mol. The molecule has 1 saturated heterocycles. The van der Waals surface area contributed by atoms with Gasteiger partial charge in [0.2, 0.25) is 7.83 Å². The number of aryl methyl sites for hydroxylation is 1. The maximum absolute atomic E-state index is 11.7. The van der Waals surface area contributed by atoms with Crippen LogP contribution in [-0.2, 0) is 13.7 Å². The topological polar surface area (TPSA) is 38.8 Å². The standard InChI is InChI=1S/C18H29NO.C14H23ClO2Si2/c1-14-8-10-16(11-9-14)15(2)20-19-17(3,4)12-7-13-18(19,5)6;1-17-19(3,18(2)16)12-8-7-11-14(15)13-9-5-4-6-10-13/h8-11,15H,7,12-13H2,1-6H3;4-6,9-10,14H,7-8,11-12H2,1-3H3. The van der Waals surface area contributed by atoms with Gasteiger partial charge in [-0.2, -0.15) is 5.06 Å². The lowest BCUT2D eigenvalue weighted by atomic mass is 9.82. The lowest BCUT2D eigenvalue weighted by Gasteiger charge is -2.52. The highest BCUT2D eigenvalue weighted by molar-refractivity contribution is 7.23. The molecule has 2 aromatic rings. The van der Waals surface area contributed by atoms with Crippen molar-refractivity contribution >= 4 is 27.6 Å². The molecule has 7 heteroatoms. The second-order valence-electron chi connectivity index (χ2n) is 12.5. The second kappa shape index (κ2) is 15.2. The van der Waals surface area contributed by atoms with Crippen molar-refractivity contribution in [2.45, 2.75) is 122 Å². The fourth-order valence-corrected chi connectivity index (χ4v) is 9.87. The van der Waals surface area contributed by atoms with E-state index in [9.17, 15) is 4.46 Å². The minimum absolute atomic E-state index is 0.0790. The zero-order valence-corrected chi connectivity index (χ0v) is 28.6. The van der Waals surface area contributed by atoms with E-state index in [0.29, 0.717) is 0 Å². The highest BCUT2D eigenvalue weighted by Crippen LogP contribution is 2.40. The minimum Gasteiger partial charge on any atom is -0.416 e. The van der Waals surface area contributed by atoms with Crippen LogP contribution < -0.4 is 0 Å². The molecule has 39 heavy (non-hydrogen) atoms. The summed E-state index contributed by atoms with van der Waals surface area (Å²) < 4.78 is 17.3. The molecule has 1 aliphatic rings. The smallest absolute Gasteiger partial charge is 0.286 e. The van der Waals surface area contributed by atoms with Gasteiger partial charge >= 0.3 is 0 Å². The third kappa shape index (κ3) is 10.3. The third-order valence-electron chi connectivity index (χ3n) is 8.20. The number of hydrogen-bond acceptors (Lipinski definition) is 4. The maximum atomic E-state index is 11.7. The monoisotopic (exact) mass is 589 g/mol. The highest BCUT2D eigenvalue weighted by atomic mass is 35.5. The van der Waals surface area contributed by atoms with Crippen LogP contribution in [0.25, 0.3) is 0 Å². The van der Waals surface area contributed by atoms with Gasteiger partial charge in [-0.1, -0.05) is 73.0 Å². The molecule has 0 bridgehead atoms. The number of hydrogen-bond donors (Lipinski definition) is 0. The molecule has 1 aliphatic heterocycles. The van der Waals surface area contributed by atoms with E-state index in [-0.39, 0.29) is 22.6 Å². The van der Waals surface area contributed by atoms with Crippen molar-refractivity contribution in [2.75, 3.05) is 7.11 Å². The molecule has 4 nitrogen and oxygen atoms in total. The van der Waals surface area contributed by atoms with E-state index in [4.69, 9.17) is 20.9 Å². The van der Waals surface area contributed by atoms with E-state index >= 15 is 0 Å². The van der Waals surface area contributed by atoms with Gasteiger partial charge in [0.15, 0.2) is 0 Å². The number of hydroxylamine groups is 2. The van der Waals surface area contributed by atoms with Crippen molar-refractivity contribution in [3.8, 4) is 0 Å². The lowest BCUT2D eigenvalue weighted by Crippen LogP contribution is -2.58.